The molecule has 6 rings (SSSR count). The minimum atomic E-state index is -0.191. The highest BCUT2D eigenvalue weighted by molar-refractivity contribution is 5.95. The Hall–Kier alpha value is -7.38. The Balaban J connectivity index is 0.941. The average Bonchev–Trinajstić information content (AvgIpc) is 0.841. The predicted octanol–water partition coefficient (Wildman–Crippen LogP) is 25.7. The molecule has 0 saturated heterocycles. The van der Waals surface area contributed by atoms with Gasteiger partial charge in [-0.05, 0) is 159 Å². The van der Waals surface area contributed by atoms with Crippen LogP contribution in [0, 0.1) is 0 Å². The number of rotatable bonds is 70. The summed E-state index contributed by atoms with van der Waals surface area (Å²) in [5.74, 6) is 5.13. The van der Waals surface area contributed by atoms with Gasteiger partial charge in [-0.1, -0.05) is 307 Å². The molecular weight excluding hydrogens is 1360 g/mol. The molecule has 0 spiro atoms. The van der Waals surface area contributed by atoms with Gasteiger partial charge in [0, 0.05) is 24.2 Å². The molecule has 0 aliphatic heterocycles. The lowest BCUT2D eigenvalue weighted by Gasteiger charge is -2.15. The van der Waals surface area contributed by atoms with Gasteiger partial charge in [-0.2, -0.15) is 0 Å². The number of amides is 2. The molecular formula is C96H145N3O10. The molecule has 0 aromatic heterocycles. The Morgan fingerprint density at radius 2 is 0.450 bits per heavy atom. The van der Waals surface area contributed by atoms with Gasteiger partial charge in [0.25, 0.3) is 11.8 Å². The molecule has 0 saturated carbocycles. The molecule has 0 fully saturated rings. The van der Waals surface area contributed by atoms with Gasteiger partial charge in [-0.15, -0.1) is 0 Å². The number of hydrogen-bond donors (Lipinski definition) is 3. The maximum absolute atomic E-state index is 13.7. The van der Waals surface area contributed by atoms with Crippen LogP contribution in [0.2, 0.25) is 0 Å². The molecule has 13 nitrogen and oxygen atoms in total. The second-order valence-corrected chi connectivity index (χ2v) is 30.1. The van der Waals surface area contributed by atoms with Gasteiger partial charge >= 0.3 is 0 Å². The molecule has 2 amide bonds. The van der Waals surface area contributed by atoms with E-state index in [4.69, 9.17) is 37.9 Å². The first-order chi connectivity index (χ1) is 53.8. The quantitative estimate of drug-likeness (QED) is 0.0314. The van der Waals surface area contributed by atoms with Crippen LogP contribution < -0.4 is 53.8 Å². The van der Waals surface area contributed by atoms with Crippen molar-refractivity contribution in [1.82, 2.24) is 16.0 Å². The highest BCUT2D eigenvalue weighted by atomic mass is 16.5. The van der Waals surface area contributed by atoms with Crippen molar-refractivity contribution in [1.29, 1.82) is 0 Å². The monoisotopic (exact) mass is 1500 g/mol. The van der Waals surface area contributed by atoms with E-state index in [-0.39, 0.29) is 11.8 Å². The molecule has 0 atom stereocenters. The Morgan fingerprint density at radius 3 is 0.688 bits per heavy atom. The van der Waals surface area contributed by atoms with Crippen LogP contribution >= 0.6 is 0 Å². The number of benzene rings is 6. The summed E-state index contributed by atoms with van der Waals surface area (Å²) < 4.78 is 50.2. The van der Waals surface area contributed by atoms with Crippen molar-refractivity contribution < 1.29 is 47.5 Å². The van der Waals surface area contributed by atoms with E-state index >= 15 is 0 Å². The van der Waals surface area contributed by atoms with Gasteiger partial charge in [0.05, 0.1) is 26.4 Å². The molecule has 0 bridgehead atoms. The molecule has 3 N–H and O–H groups in total. The topological polar surface area (TPSA) is 144 Å². The van der Waals surface area contributed by atoms with Crippen LogP contribution in [0.4, 0.5) is 0 Å². The lowest BCUT2D eigenvalue weighted by Crippen LogP contribution is -2.29. The summed E-state index contributed by atoms with van der Waals surface area (Å²) in [5.41, 5.74) is 4.93. The summed E-state index contributed by atoms with van der Waals surface area (Å²) in [5, 5.41) is 9.67. The van der Waals surface area contributed by atoms with Crippen LogP contribution in [0.25, 0.3) is 0 Å². The Bertz CT molecular complexity index is 2980. The zero-order valence-electron chi connectivity index (χ0n) is 68.5. The number of carbonyl (C=O) groups excluding carboxylic acids is 2. The molecule has 0 unspecified atom stereocenters. The molecule has 109 heavy (non-hydrogen) atoms. The third-order valence-electron chi connectivity index (χ3n) is 20.4. The van der Waals surface area contributed by atoms with Gasteiger partial charge in [-0.3, -0.25) is 9.59 Å². The van der Waals surface area contributed by atoms with Crippen molar-refractivity contribution in [2.75, 3.05) is 52.6 Å². The van der Waals surface area contributed by atoms with E-state index < -0.39 is 0 Å². The second kappa shape index (κ2) is 61.3. The van der Waals surface area contributed by atoms with Crippen LogP contribution in [0.3, 0.4) is 0 Å². The van der Waals surface area contributed by atoms with Gasteiger partial charge in [0.15, 0.2) is 23.0 Å². The summed E-state index contributed by atoms with van der Waals surface area (Å²) in [6.45, 7) is 15.5. The first-order valence-electron chi connectivity index (χ1n) is 43.8. The van der Waals surface area contributed by atoms with Gasteiger partial charge in [-0.25, -0.2) is 0 Å². The van der Waals surface area contributed by atoms with Crippen molar-refractivity contribution in [3.05, 3.63) is 167 Å². The standard InChI is InChI=1S/C96H145N3O10/c1-5-9-13-17-21-25-29-33-37-41-71-102-87-57-47-81(48-58-87)77-106-91-65-55-85(75-93(91)108-79-83-51-61-89(62-52-83)104-73-43-39-35-31-27-23-19-15-11-7-3)95(100)98-69-45-67-97-68-46-70-99-96(101)86-56-66-92(107-78-82-49-59-88(60-50-82)103-72-42-38-34-30-26-22-18-14-10-6-2)94(76-86)109-80-84-53-63-90(64-54-84)105-74-44-40-36-32-28-24-20-16-12-8-4/h47-66,75-76,97H,5-46,67-74,77-80H2,1-4H3,(H,98,100)(H,99,101). The van der Waals surface area contributed by atoms with Crippen LogP contribution in [-0.2, 0) is 26.4 Å². The fourth-order valence-corrected chi connectivity index (χ4v) is 13.4. The van der Waals surface area contributed by atoms with E-state index in [9.17, 15) is 9.59 Å². The summed E-state index contributed by atoms with van der Waals surface area (Å²) in [7, 11) is 0. The van der Waals surface area contributed by atoms with E-state index in [2.05, 4.69) is 43.6 Å². The molecule has 0 radical (unpaired) electrons. The van der Waals surface area contributed by atoms with Crippen molar-refractivity contribution in [2.24, 2.45) is 0 Å². The van der Waals surface area contributed by atoms with Crippen LogP contribution in [0.15, 0.2) is 133 Å². The lowest BCUT2D eigenvalue weighted by molar-refractivity contribution is 0.0945. The van der Waals surface area contributed by atoms with Gasteiger partial charge < -0.3 is 53.8 Å². The van der Waals surface area contributed by atoms with E-state index in [1.165, 1.54) is 231 Å². The van der Waals surface area contributed by atoms with E-state index in [0.29, 0.717) is 99.9 Å². The average molecular weight is 1500 g/mol. The van der Waals surface area contributed by atoms with Crippen molar-refractivity contribution >= 4 is 11.8 Å². The zero-order valence-corrected chi connectivity index (χ0v) is 68.5. The number of nitrogens with one attached hydrogen (secondary N) is 3. The van der Waals surface area contributed by atoms with Gasteiger partial charge in [0.1, 0.15) is 49.4 Å². The highest BCUT2D eigenvalue weighted by Crippen LogP contribution is 2.33. The Kier molecular flexibility index (Phi) is 50.9. The fourth-order valence-electron chi connectivity index (χ4n) is 13.4. The minimum Gasteiger partial charge on any atom is -0.494 e. The molecule has 13 heteroatoms. The van der Waals surface area contributed by atoms with E-state index in [1.54, 1.807) is 24.3 Å². The second-order valence-electron chi connectivity index (χ2n) is 30.1. The molecule has 0 aliphatic carbocycles. The van der Waals surface area contributed by atoms with Gasteiger partial charge in [0.2, 0.25) is 0 Å². The summed E-state index contributed by atoms with van der Waals surface area (Å²) in [6.07, 6.45) is 53.2. The smallest absolute Gasteiger partial charge is 0.251 e. The largest absolute Gasteiger partial charge is 0.494 e. The van der Waals surface area contributed by atoms with E-state index in [1.807, 2.05) is 109 Å². The summed E-state index contributed by atoms with van der Waals surface area (Å²) >= 11 is 0. The highest BCUT2D eigenvalue weighted by Gasteiger charge is 2.16. The number of unbranched alkanes of at least 4 members (excludes halogenated alkanes) is 36. The Labute approximate surface area is 660 Å². The first-order valence-corrected chi connectivity index (χ1v) is 43.8. The maximum Gasteiger partial charge on any atom is 0.251 e. The minimum absolute atomic E-state index is 0.191. The molecule has 6 aromatic rings. The zero-order chi connectivity index (χ0) is 76.8. The van der Waals surface area contributed by atoms with Crippen LogP contribution in [0.1, 0.15) is 340 Å². The lowest BCUT2D eigenvalue weighted by atomic mass is 10.1. The number of carbonyl (C=O) groups is 2. The molecule has 0 heterocycles. The molecule has 6 aromatic carbocycles. The summed E-state index contributed by atoms with van der Waals surface area (Å²) in [4.78, 5) is 27.4. The molecule has 0 aliphatic rings. The van der Waals surface area contributed by atoms with Crippen molar-refractivity contribution in [2.45, 2.75) is 324 Å². The van der Waals surface area contributed by atoms with Crippen molar-refractivity contribution in [3.63, 3.8) is 0 Å². The fraction of sp³-hybridized carbons (Fsp3) is 0.604. The third-order valence-corrected chi connectivity index (χ3v) is 20.4. The normalized spacial score (nSPS) is 11.2. The summed E-state index contributed by atoms with van der Waals surface area (Å²) in [6, 6.07) is 43.1. The SMILES string of the molecule is CCCCCCCCCCCCOc1ccc(COc2ccc(C(=O)NCCCNCCCNC(=O)c3ccc(OCc4ccc(OCCCCCCCCCCCC)cc4)c(OCc4ccc(OCCCCCCCCCCCC)cc4)c3)cc2OCc2ccc(OCCCCCCCCCCCC)cc2)cc1. The number of ether oxygens (including phenoxy) is 8. The van der Waals surface area contributed by atoms with Crippen molar-refractivity contribution in [3.8, 4) is 46.0 Å². The molecule has 604 valence electrons. The van der Waals surface area contributed by atoms with Crippen LogP contribution in [0.5, 0.6) is 46.0 Å². The number of hydrogen-bond acceptors (Lipinski definition) is 11. The first kappa shape index (κ1) is 90.5. The van der Waals surface area contributed by atoms with Crippen LogP contribution in [-0.4, -0.2) is 64.4 Å². The maximum atomic E-state index is 13.7. The third kappa shape index (κ3) is 43.1. The Morgan fingerprint density at radius 1 is 0.229 bits per heavy atom. The predicted molar refractivity (Wildman–Crippen MR) is 452 cm³/mol. The van der Waals surface area contributed by atoms with E-state index in [0.717, 1.165) is 97.0 Å².